The number of aryl methyl sites for hydroxylation is 1. The quantitative estimate of drug-likeness (QED) is 0.803. The minimum atomic E-state index is 0.344. The van der Waals surface area contributed by atoms with Gasteiger partial charge in [-0.3, -0.25) is 0 Å². The first-order valence-corrected chi connectivity index (χ1v) is 5.38. The highest BCUT2D eigenvalue weighted by molar-refractivity contribution is 9.09. The summed E-state index contributed by atoms with van der Waals surface area (Å²) < 4.78 is 0. The summed E-state index contributed by atoms with van der Waals surface area (Å²) in [5, 5.41) is 10.4. The van der Waals surface area contributed by atoms with Crippen molar-refractivity contribution >= 4 is 22.0 Å². The summed E-state index contributed by atoms with van der Waals surface area (Å²) in [5.74, 6) is 0.344. The van der Waals surface area contributed by atoms with Crippen LogP contribution in [0.3, 0.4) is 0 Å². The highest BCUT2D eigenvalue weighted by Crippen LogP contribution is 2.19. The normalized spacial score (nSPS) is 10.9. The number of phenolic OH excluding ortho intramolecular Hbond substituents is 1. The van der Waals surface area contributed by atoms with Crippen molar-refractivity contribution in [3.05, 3.63) is 35.4 Å². The second-order valence-corrected chi connectivity index (χ2v) is 3.74. The Morgan fingerprint density at radius 3 is 2.92 bits per heavy atom. The van der Waals surface area contributed by atoms with Gasteiger partial charge in [-0.2, -0.15) is 0 Å². The molecule has 0 saturated carbocycles. The Balaban J connectivity index is 2.81. The van der Waals surface area contributed by atoms with E-state index in [9.17, 15) is 5.11 Å². The van der Waals surface area contributed by atoms with E-state index in [4.69, 9.17) is 0 Å². The molecular formula is C11H13BrO. The minimum Gasteiger partial charge on any atom is -0.507 e. The van der Waals surface area contributed by atoms with Crippen LogP contribution in [0.15, 0.2) is 24.3 Å². The summed E-state index contributed by atoms with van der Waals surface area (Å²) in [6.07, 6.45) is 4.97. The molecule has 0 unspecified atom stereocenters. The number of aromatic hydroxyl groups is 1. The van der Waals surface area contributed by atoms with Crippen molar-refractivity contribution in [2.45, 2.75) is 13.3 Å². The van der Waals surface area contributed by atoms with Crippen LogP contribution in [-0.2, 0) is 0 Å². The topological polar surface area (TPSA) is 20.2 Å². The van der Waals surface area contributed by atoms with E-state index < -0.39 is 0 Å². The minimum absolute atomic E-state index is 0.344. The second-order valence-electron chi connectivity index (χ2n) is 2.94. The van der Waals surface area contributed by atoms with E-state index in [0.717, 1.165) is 22.9 Å². The monoisotopic (exact) mass is 240 g/mol. The van der Waals surface area contributed by atoms with Gasteiger partial charge in [0.25, 0.3) is 0 Å². The molecule has 1 N–H and O–H groups in total. The van der Waals surface area contributed by atoms with E-state index in [1.54, 1.807) is 6.07 Å². The fraction of sp³-hybridized carbons (Fsp3) is 0.273. The molecule has 1 aromatic rings. The van der Waals surface area contributed by atoms with Gasteiger partial charge in [0.1, 0.15) is 5.75 Å². The van der Waals surface area contributed by atoms with Gasteiger partial charge in [-0.1, -0.05) is 39.7 Å². The van der Waals surface area contributed by atoms with Crippen LogP contribution in [0.2, 0.25) is 0 Å². The molecule has 1 nitrogen and oxygen atoms in total. The first kappa shape index (κ1) is 10.3. The van der Waals surface area contributed by atoms with E-state index in [1.165, 1.54) is 0 Å². The Kier molecular flexibility index (Phi) is 4.03. The van der Waals surface area contributed by atoms with Crippen LogP contribution in [0.5, 0.6) is 5.75 Å². The van der Waals surface area contributed by atoms with Crippen molar-refractivity contribution in [1.82, 2.24) is 0 Å². The maximum absolute atomic E-state index is 9.47. The molecule has 1 rings (SSSR count). The third kappa shape index (κ3) is 3.23. The summed E-state index contributed by atoms with van der Waals surface area (Å²) in [5.41, 5.74) is 2.05. The number of rotatable bonds is 3. The molecule has 0 fully saturated rings. The Hall–Kier alpha value is -0.760. The molecule has 0 radical (unpaired) electrons. The number of benzene rings is 1. The Morgan fingerprint density at radius 1 is 1.46 bits per heavy atom. The van der Waals surface area contributed by atoms with Gasteiger partial charge in [0.2, 0.25) is 0 Å². The van der Waals surface area contributed by atoms with E-state index in [2.05, 4.69) is 15.9 Å². The van der Waals surface area contributed by atoms with Crippen LogP contribution in [-0.4, -0.2) is 10.4 Å². The third-order valence-corrected chi connectivity index (χ3v) is 2.21. The fourth-order valence-electron chi connectivity index (χ4n) is 1.08. The Labute approximate surface area is 87.2 Å². The molecule has 2 heteroatoms. The van der Waals surface area contributed by atoms with Crippen LogP contribution in [0.25, 0.3) is 6.08 Å². The van der Waals surface area contributed by atoms with Gasteiger partial charge in [0.05, 0.1) is 0 Å². The molecule has 1 aromatic carbocycles. The van der Waals surface area contributed by atoms with Gasteiger partial charge < -0.3 is 5.11 Å². The van der Waals surface area contributed by atoms with Gasteiger partial charge in [-0.05, 0) is 25.5 Å². The van der Waals surface area contributed by atoms with Gasteiger partial charge in [-0.15, -0.1) is 0 Å². The Bertz CT molecular complexity index is 305. The molecule has 0 aliphatic carbocycles. The van der Waals surface area contributed by atoms with Crippen molar-refractivity contribution in [3.8, 4) is 5.75 Å². The summed E-state index contributed by atoms with van der Waals surface area (Å²) in [6.45, 7) is 2.02. The number of phenols is 1. The molecule has 13 heavy (non-hydrogen) atoms. The van der Waals surface area contributed by atoms with Crippen LogP contribution in [0.1, 0.15) is 17.5 Å². The lowest BCUT2D eigenvalue weighted by molar-refractivity contribution is 0.474. The summed E-state index contributed by atoms with van der Waals surface area (Å²) in [6, 6.07) is 5.60. The van der Waals surface area contributed by atoms with Gasteiger partial charge >= 0.3 is 0 Å². The van der Waals surface area contributed by atoms with Crippen molar-refractivity contribution < 1.29 is 5.11 Å². The maximum atomic E-state index is 9.47. The SMILES string of the molecule is Cc1ccc(O)c(C=CCCBr)c1. The standard InChI is InChI=1S/C11H13BrO/c1-9-5-6-11(13)10(8-9)4-2-3-7-12/h2,4-6,8,13H,3,7H2,1H3. The highest BCUT2D eigenvalue weighted by atomic mass is 79.9. The number of hydrogen-bond donors (Lipinski definition) is 1. The molecular weight excluding hydrogens is 228 g/mol. The molecule has 70 valence electrons. The average Bonchev–Trinajstić information content (AvgIpc) is 2.11. The molecule has 0 aliphatic rings. The lowest BCUT2D eigenvalue weighted by Gasteiger charge is -1.99. The molecule has 0 spiro atoms. The van der Waals surface area contributed by atoms with Crippen molar-refractivity contribution in [3.63, 3.8) is 0 Å². The first-order valence-electron chi connectivity index (χ1n) is 4.26. The molecule has 0 atom stereocenters. The van der Waals surface area contributed by atoms with Gasteiger partial charge in [0, 0.05) is 10.9 Å². The predicted octanol–water partition coefficient (Wildman–Crippen LogP) is 3.50. The number of halogens is 1. The van der Waals surface area contributed by atoms with Crippen LogP contribution in [0, 0.1) is 6.92 Å². The van der Waals surface area contributed by atoms with E-state index in [0.29, 0.717) is 5.75 Å². The average molecular weight is 241 g/mol. The van der Waals surface area contributed by atoms with Gasteiger partial charge in [0.15, 0.2) is 0 Å². The molecule has 0 aliphatic heterocycles. The summed E-state index contributed by atoms with van der Waals surface area (Å²) in [7, 11) is 0. The zero-order chi connectivity index (χ0) is 9.68. The zero-order valence-corrected chi connectivity index (χ0v) is 9.21. The molecule has 0 aromatic heterocycles. The van der Waals surface area contributed by atoms with Crippen molar-refractivity contribution in [1.29, 1.82) is 0 Å². The smallest absolute Gasteiger partial charge is 0.122 e. The number of allylic oxidation sites excluding steroid dienone is 1. The largest absolute Gasteiger partial charge is 0.507 e. The van der Waals surface area contributed by atoms with Crippen LogP contribution in [0.4, 0.5) is 0 Å². The summed E-state index contributed by atoms with van der Waals surface area (Å²) in [4.78, 5) is 0. The maximum Gasteiger partial charge on any atom is 0.122 e. The lowest BCUT2D eigenvalue weighted by atomic mass is 10.1. The number of alkyl halides is 1. The van der Waals surface area contributed by atoms with Crippen molar-refractivity contribution in [2.75, 3.05) is 5.33 Å². The van der Waals surface area contributed by atoms with E-state index in [-0.39, 0.29) is 0 Å². The third-order valence-electron chi connectivity index (χ3n) is 1.76. The molecule has 0 amide bonds. The van der Waals surface area contributed by atoms with Crippen LogP contribution < -0.4 is 0 Å². The zero-order valence-electron chi connectivity index (χ0n) is 7.63. The van der Waals surface area contributed by atoms with E-state index in [1.807, 2.05) is 31.2 Å². The fourth-order valence-corrected chi connectivity index (χ4v) is 1.35. The highest BCUT2D eigenvalue weighted by Gasteiger charge is 1.95. The Morgan fingerprint density at radius 2 is 2.23 bits per heavy atom. The van der Waals surface area contributed by atoms with Gasteiger partial charge in [-0.25, -0.2) is 0 Å². The van der Waals surface area contributed by atoms with Crippen LogP contribution >= 0.6 is 15.9 Å². The first-order chi connectivity index (χ1) is 6.24. The predicted molar refractivity (Wildman–Crippen MR) is 60.3 cm³/mol. The number of hydrogen-bond acceptors (Lipinski definition) is 1. The van der Waals surface area contributed by atoms with E-state index >= 15 is 0 Å². The lowest BCUT2D eigenvalue weighted by Crippen LogP contribution is -1.77. The molecule has 0 bridgehead atoms. The molecule has 0 saturated heterocycles. The second kappa shape index (κ2) is 5.07. The van der Waals surface area contributed by atoms with Crippen molar-refractivity contribution in [2.24, 2.45) is 0 Å². The summed E-state index contributed by atoms with van der Waals surface area (Å²) >= 11 is 3.34. The molecule has 0 heterocycles.